The molecule has 4 saturated carbocycles. The van der Waals surface area contributed by atoms with Gasteiger partial charge in [-0.3, -0.25) is 9.69 Å². The molecule has 4 bridgehead atoms. The number of methoxy groups -OCH3 is 1. The number of carbonyl (C=O) groups is 1. The van der Waals surface area contributed by atoms with Crippen LogP contribution in [-0.4, -0.2) is 57.3 Å². The number of rotatable bonds is 7. The first kappa shape index (κ1) is 23.7. The maximum absolute atomic E-state index is 12.7. The van der Waals surface area contributed by atoms with Gasteiger partial charge >= 0.3 is 5.97 Å². The summed E-state index contributed by atoms with van der Waals surface area (Å²) in [6.45, 7) is 7.74. The van der Waals surface area contributed by atoms with Crippen LogP contribution in [0, 0.1) is 22.7 Å². The third kappa shape index (κ3) is 4.89. The lowest BCUT2D eigenvalue weighted by Gasteiger charge is -2.61. The molecule has 0 amide bonds. The number of hydrogen-bond donors (Lipinski definition) is 0. The molecule has 1 aromatic rings. The van der Waals surface area contributed by atoms with Crippen molar-refractivity contribution in [2.45, 2.75) is 51.9 Å². The first-order chi connectivity index (χ1) is 15.0. The summed E-state index contributed by atoms with van der Waals surface area (Å²) in [6.07, 6.45) is 8.61. The van der Waals surface area contributed by atoms with E-state index in [1.54, 1.807) is 7.11 Å². The van der Waals surface area contributed by atoms with Gasteiger partial charge < -0.3 is 14.4 Å². The van der Waals surface area contributed by atoms with Crippen LogP contribution in [0.2, 0.25) is 0 Å². The Labute approximate surface area is 199 Å². The SMILES string of the molecule is COc1ccccc1N1CCN(CCOC(=O)CC23C[C@@H]4C[C@@H](CC(C)(C4)C2)C3)CC1.Cl. The van der Waals surface area contributed by atoms with Crippen LogP contribution in [0.5, 0.6) is 5.75 Å². The molecule has 5 aliphatic rings. The molecular formula is C26H39ClN2O3. The smallest absolute Gasteiger partial charge is 0.306 e. The summed E-state index contributed by atoms with van der Waals surface area (Å²) in [7, 11) is 1.73. The van der Waals surface area contributed by atoms with E-state index in [1.807, 2.05) is 12.1 Å². The van der Waals surface area contributed by atoms with E-state index in [4.69, 9.17) is 9.47 Å². The molecule has 1 aromatic carbocycles. The lowest BCUT2D eigenvalue weighted by atomic mass is 9.44. The lowest BCUT2D eigenvalue weighted by molar-refractivity contribution is -0.157. The molecule has 4 aliphatic carbocycles. The first-order valence-corrected chi connectivity index (χ1v) is 12.2. The summed E-state index contributed by atoms with van der Waals surface area (Å²) in [4.78, 5) is 17.5. The van der Waals surface area contributed by atoms with Crippen molar-refractivity contribution in [2.75, 3.05) is 51.3 Å². The van der Waals surface area contributed by atoms with E-state index in [-0.39, 0.29) is 23.8 Å². The van der Waals surface area contributed by atoms with Crippen LogP contribution in [0.1, 0.15) is 51.9 Å². The average Bonchev–Trinajstić information content (AvgIpc) is 2.72. The highest BCUT2D eigenvalue weighted by Gasteiger charge is 2.56. The molecule has 6 heteroatoms. The van der Waals surface area contributed by atoms with Gasteiger partial charge in [0.05, 0.1) is 19.2 Å². The van der Waals surface area contributed by atoms with E-state index in [2.05, 4.69) is 28.9 Å². The lowest BCUT2D eigenvalue weighted by Crippen LogP contribution is -2.51. The van der Waals surface area contributed by atoms with Gasteiger partial charge in [0.15, 0.2) is 0 Å². The Hall–Kier alpha value is -1.46. The van der Waals surface area contributed by atoms with Crippen molar-refractivity contribution >= 4 is 24.1 Å². The minimum absolute atomic E-state index is 0. The van der Waals surface area contributed by atoms with Gasteiger partial charge in [0.2, 0.25) is 0 Å². The highest BCUT2D eigenvalue weighted by Crippen LogP contribution is 2.66. The Morgan fingerprint density at radius 1 is 1.06 bits per heavy atom. The first-order valence-electron chi connectivity index (χ1n) is 12.2. The molecule has 0 N–H and O–H groups in total. The number of ether oxygens (including phenoxy) is 2. The number of hydrogen-bond acceptors (Lipinski definition) is 5. The van der Waals surface area contributed by atoms with Crippen LogP contribution in [0.25, 0.3) is 0 Å². The minimum atomic E-state index is 0. The standard InChI is InChI=1S/C26H38N2O3.ClH/c1-25-14-20-13-21(15-25)17-26(16-20,19-25)18-24(29)31-12-11-27-7-9-28(10-8-27)22-5-3-4-6-23(22)30-2;/h3-6,20-21H,7-19H2,1-2H3;1H/t20-,21+,25?,26?;. The molecule has 1 aliphatic heterocycles. The number of anilines is 1. The summed E-state index contributed by atoms with van der Waals surface area (Å²) in [5.41, 5.74) is 1.90. The number of benzene rings is 1. The second kappa shape index (κ2) is 9.42. The van der Waals surface area contributed by atoms with Crippen LogP contribution in [0.15, 0.2) is 24.3 Å². The van der Waals surface area contributed by atoms with Crippen molar-refractivity contribution in [2.24, 2.45) is 22.7 Å². The summed E-state index contributed by atoms with van der Waals surface area (Å²) < 4.78 is 11.3. The molecule has 0 spiro atoms. The summed E-state index contributed by atoms with van der Waals surface area (Å²) >= 11 is 0. The Balaban J connectivity index is 0.00000245. The number of halogens is 1. The van der Waals surface area contributed by atoms with Crippen molar-refractivity contribution in [3.05, 3.63) is 24.3 Å². The second-order valence-corrected chi connectivity index (χ2v) is 11.2. The molecule has 178 valence electrons. The van der Waals surface area contributed by atoms with Gasteiger partial charge in [-0.1, -0.05) is 19.1 Å². The van der Waals surface area contributed by atoms with Crippen molar-refractivity contribution in [3.63, 3.8) is 0 Å². The Morgan fingerprint density at radius 2 is 1.75 bits per heavy atom. The van der Waals surface area contributed by atoms with Crippen LogP contribution in [0.3, 0.4) is 0 Å². The zero-order valence-electron chi connectivity index (χ0n) is 19.7. The fraction of sp³-hybridized carbons (Fsp3) is 0.731. The fourth-order valence-electron chi connectivity index (χ4n) is 7.88. The maximum Gasteiger partial charge on any atom is 0.306 e. The Kier molecular flexibility index (Phi) is 6.97. The summed E-state index contributed by atoms with van der Waals surface area (Å²) in [6, 6.07) is 8.22. The molecule has 0 radical (unpaired) electrons. The number of carbonyl (C=O) groups excluding carboxylic acids is 1. The van der Waals surface area contributed by atoms with E-state index in [0.717, 1.165) is 50.3 Å². The molecule has 5 nitrogen and oxygen atoms in total. The molecule has 4 atom stereocenters. The number of para-hydroxylation sites is 2. The Bertz CT molecular complexity index is 794. The maximum atomic E-state index is 12.7. The van der Waals surface area contributed by atoms with Gasteiger partial charge in [-0.15, -0.1) is 12.4 Å². The third-order valence-electron chi connectivity index (χ3n) is 8.46. The van der Waals surface area contributed by atoms with Crippen molar-refractivity contribution in [1.29, 1.82) is 0 Å². The quantitative estimate of drug-likeness (QED) is 0.545. The molecular weight excluding hydrogens is 424 g/mol. The van der Waals surface area contributed by atoms with Gasteiger partial charge in [-0.2, -0.15) is 0 Å². The highest BCUT2D eigenvalue weighted by atomic mass is 35.5. The molecule has 1 heterocycles. The third-order valence-corrected chi connectivity index (χ3v) is 8.46. The Morgan fingerprint density at radius 3 is 2.41 bits per heavy atom. The number of nitrogens with zero attached hydrogens (tertiary/aromatic N) is 2. The molecule has 0 aromatic heterocycles. The van der Waals surface area contributed by atoms with Crippen molar-refractivity contribution < 1.29 is 14.3 Å². The highest BCUT2D eigenvalue weighted by molar-refractivity contribution is 5.85. The molecule has 1 saturated heterocycles. The monoisotopic (exact) mass is 462 g/mol. The largest absolute Gasteiger partial charge is 0.495 e. The van der Waals surface area contributed by atoms with Gasteiger partial charge in [-0.05, 0) is 73.3 Å². The van der Waals surface area contributed by atoms with Crippen LogP contribution in [-0.2, 0) is 9.53 Å². The predicted molar refractivity (Wildman–Crippen MR) is 130 cm³/mol. The van der Waals surface area contributed by atoms with E-state index in [0.29, 0.717) is 18.4 Å². The molecule has 5 fully saturated rings. The predicted octanol–water partition coefficient (Wildman–Crippen LogP) is 4.78. The van der Waals surface area contributed by atoms with E-state index < -0.39 is 0 Å². The van der Waals surface area contributed by atoms with Crippen LogP contribution >= 0.6 is 12.4 Å². The second-order valence-electron chi connectivity index (χ2n) is 11.2. The van der Waals surface area contributed by atoms with Gasteiger partial charge in [0.1, 0.15) is 12.4 Å². The number of piperazine rings is 1. The normalized spacial score (nSPS) is 33.6. The van der Waals surface area contributed by atoms with Crippen molar-refractivity contribution in [1.82, 2.24) is 4.90 Å². The van der Waals surface area contributed by atoms with Crippen LogP contribution < -0.4 is 9.64 Å². The van der Waals surface area contributed by atoms with Crippen LogP contribution in [0.4, 0.5) is 5.69 Å². The summed E-state index contributed by atoms with van der Waals surface area (Å²) in [5, 5.41) is 0. The number of esters is 1. The molecule has 6 rings (SSSR count). The molecule has 32 heavy (non-hydrogen) atoms. The van der Waals surface area contributed by atoms with E-state index in [9.17, 15) is 4.79 Å². The fourth-order valence-corrected chi connectivity index (χ4v) is 7.88. The van der Waals surface area contributed by atoms with E-state index >= 15 is 0 Å². The summed E-state index contributed by atoms with van der Waals surface area (Å²) in [5.74, 6) is 2.69. The topological polar surface area (TPSA) is 42.0 Å². The molecule has 2 unspecified atom stereocenters. The van der Waals surface area contributed by atoms with Gasteiger partial charge in [0, 0.05) is 32.7 Å². The minimum Gasteiger partial charge on any atom is -0.495 e. The zero-order chi connectivity index (χ0) is 21.5. The average molecular weight is 463 g/mol. The van der Waals surface area contributed by atoms with Gasteiger partial charge in [-0.25, -0.2) is 0 Å². The zero-order valence-corrected chi connectivity index (χ0v) is 20.5. The van der Waals surface area contributed by atoms with E-state index in [1.165, 1.54) is 44.2 Å². The van der Waals surface area contributed by atoms with Gasteiger partial charge in [0.25, 0.3) is 0 Å². The van der Waals surface area contributed by atoms with Crippen molar-refractivity contribution in [3.8, 4) is 5.75 Å².